The van der Waals surface area contributed by atoms with Crippen molar-refractivity contribution in [2.24, 2.45) is 0 Å². The van der Waals surface area contributed by atoms with E-state index in [1.165, 1.54) is 0 Å². The summed E-state index contributed by atoms with van der Waals surface area (Å²) in [4.78, 5) is 22.2. The lowest BCUT2D eigenvalue weighted by Crippen LogP contribution is -2.48. The molecule has 0 saturated carbocycles. The van der Waals surface area contributed by atoms with Gasteiger partial charge in [0.2, 0.25) is 0 Å². The summed E-state index contributed by atoms with van der Waals surface area (Å²) < 4.78 is 26.1. The molecule has 0 spiro atoms. The fourth-order valence-corrected chi connectivity index (χ4v) is 1.72. The molecule has 1 aromatic carbocycles. The zero-order valence-corrected chi connectivity index (χ0v) is 8.46. The van der Waals surface area contributed by atoms with Gasteiger partial charge in [0.05, 0.1) is 6.54 Å². The number of nitrogens with one attached hydrogen (secondary N) is 2. The first-order valence-corrected chi connectivity index (χ1v) is 4.70. The van der Waals surface area contributed by atoms with Crippen LogP contribution in [0.1, 0.15) is 5.56 Å². The van der Waals surface area contributed by atoms with Crippen LogP contribution in [0.25, 0.3) is 0 Å². The largest absolute Gasteiger partial charge is 0.479 e. The van der Waals surface area contributed by atoms with E-state index in [9.17, 15) is 18.4 Å². The molecule has 3 N–H and O–H groups in total. The van der Waals surface area contributed by atoms with Crippen molar-refractivity contribution in [3.8, 4) is 0 Å². The highest BCUT2D eigenvalue weighted by Crippen LogP contribution is 2.25. The van der Waals surface area contributed by atoms with E-state index in [1.54, 1.807) is 0 Å². The molecule has 0 radical (unpaired) electrons. The van der Waals surface area contributed by atoms with E-state index in [-0.39, 0.29) is 12.1 Å². The van der Waals surface area contributed by atoms with Crippen LogP contribution in [0.15, 0.2) is 18.2 Å². The molecular weight excluding hydrogens is 234 g/mol. The zero-order chi connectivity index (χ0) is 12.6. The number of hydrogen-bond acceptors (Lipinski definition) is 2. The Bertz CT molecular complexity index is 486. The van der Waals surface area contributed by atoms with Gasteiger partial charge in [0.25, 0.3) is 0 Å². The fraction of sp³-hybridized carbons (Fsp3) is 0.200. The molecule has 1 aliphatic rings. The van der Waals surface area contributed by atoms with Crippen LogP contribution in [0.3, 0.4) is 0 Å². The van der Waals surface area contributed by atoms with Gasteiger partial charge in [-0.3, -0.25) is 0 Å². The van der Waals surface area contributed by atoms with Crippen molar-refractivity contribution in [3.63, 3.8) is 0 Å². The number of hydrogen-bond donors (Lipinski definition) is 3. The van der Waals surface area contributed by atoms with Crippen molar-refractivity contribution in [3.05, 3.63) is 35.4 Å². The number of benzene rings is 1. The highest BCUT2D eigenvalue weighted by atomic mass is 19.1. The number of urea groups is 1. The molecule has 5 nitrogen and oxygen atoms in total. The maximum atomic E-state index is 13.0. The maximum absolute atomic E-state index is 13.0. The summed E-state index contributed by atoms with van der Waals surface area (Å²) in [6.45, 7) is -0.274. The molecule has 1 aromatic rings. The van der Waals surface area contributed by atoms with Crippen molar-refractivity contribution in [2.45, 2.75) is 5.54 Å². The number of carbonyl (C=O) groups excluding carboxylic acids is 1. The molecule has 2 rings (SSSR count). The number of halogens is 2. The van der Waals surface area contributed by atoms with E-state index in [1.807, 2.05) is 0 Å². The van der Waals surface area contributed by atoms with Gasteiger partial charge in [0, 0.05) is 6.07 Å². The van der Waals surface area contributed by atoms with Gasteiger partial charge in [-0.05, 0) is 17.7 Å². The van der Waals surface area contributed by atoms with Crippen LogP contribution in [0.2, 0.25) is 0 Å². The van der Waals surface area contributed by atoms with Crippen molar-refractivity contribution >= 4 is 12.0 Å². The Balaban J connectivity index is 2.54. The van der Waals surface area contributed by atoms with E-state index < -0.39 is 29.2 Å². The van der Waals surface area contributed by atoms with E-state index in [0.717, 1.165) is 12.1 Å². The third-order valence-electron chi connectivity index (χ3n) is 2.56. The second kappa shape index (κ2) is 3.69. The monoisotopic (exact) mass is 242 g/mol. The lowest BCUT2D eigenvalue weighted by atomic mass is 9.91. The fourth-order valence-electron chi connectivity index (χ4n) is 1.72. The van der Waals surface area contributed by atoms with Crippen LogP contribution in [-0.2, 0) is 10.3 Å². The Hall–Kier alpha value is -2.18. The third kappa shape index (κ3) is 1.79. The molecule has 0 aliphatic carbocycles. The first-order valence-electron chi connectivity index (χ1n) is 4.70. The minimum atomic E-state index is -1.83. The summed E-state index contributed by atoms with van der Waals surface area (Å²) in [6, 6.07) is 1.69. The second-order valence-corrected chi connectivity index (χ2v) is 3.68. The molecule has 0 aromatic heterocycles. The smallest absolute Gasteiger partial charge is 0.336 e. The molecule has 1 fully saturated rings. The molecule has 17 heavy (non-hydrogen) atoms. The van der Waals surface area contributed by atoms with E-state index >= 15 is 0 Å². The number of amides is 2. The summed E-state index contributed by atoms with van der Waals surface area (Å²) in [7, 11) is 0. The SMILES string of the molecule is O=C1NCC(C(=O)O)(c2cc(F)cc(F)c2)N1. The Morgan fingerprint density at radius 1 is 1.29 bits per heavy atom. The summed E-state index contributed by atoms with van der Waals surface area (Å²) in [6.07, 6.45) is 0. The van der Waals surface area contributed by atoms with E-state index in [0.29, 0.717) is 6.07 Å². The van der Waals surface area contributed by atoms with Crippen LogP contribution >= 0.6 is 0 Å². The molecule has 7 heteroatoms. The molecule has 1 heterocycles. The predicted molar refractivity (Wildman–Crippen MR) is 52.2 cm³/mol. The average Bonchev–Trinajstić information content (AvgIpc) is 2.60. The number of rotatable bonds is 2. The molecule has 1 aliphatic heterocycles. The van der Waals surface area contributed by atoms with E-state index in [4.69, 9.17) is 5.11 Å². The molecule has 90 valence electrons. The third-order valence-corrected chi connectivity index (χ3v) is 2.56. The highest BCUT2D eigenvalue weighted by Gasteiger charge is 2.47. The number of carbonyl (C=O) groups is 2. The quantitative estimate of drug-likeness (QED) is 0.709. The van der Waals surface area contributed by atoms with Gasteiger partial charge in [0.1, 0.15) is 11.6 Å². The van der Waals surface area contributed by atoms with Crippen LogP contribution in [0.5, 0.6) is 0 Å². The first-order chi connectivity index (χ1) is 7.94. The zero-order valence-electron chi connectivity index (χ0n) is 8.46. The predicted octanol–water partition coefficient (Wildman–Crippen LogP) is 0.558. The van der Waals surface area contributed by atoms with Crippen LogP contribution in [0, 0.1) is 11.6 Å². The average molecular weight is 242 g/mol. The summed E-state index contributed by atoms with van der Waals surface area (Å²) >= 11 is 0. The lowest BCUT2D eigenvalue weighted by molar-refractivity contribution is -0.143. The van der Waals surface area contributed by atoms with Crippen molar-refractivity contribution in [1.29, 1.82) is 0 Å². The van der Waals surface area contributed by atoms with Crippen LogP contribution < -0.4 is 10.6 Å². The first kappa shape index (κ1) is 11.3. The Labute approximate surface area is 94.4 Å². The van der Waals surface area contributed by atoms with Crippen molar-refractivity contribution in [2.75, 3.05) is 6.54 Å². The van der Waals surface area contributed by atoms with Crippen LogP contribution in [0.4, 0.5) is 13.6 Å². The van der Waals surface area contributed by atoms with Gasteiger partial charge >= 0.3 is 12.0 Å². The molecule has 0 bridgehead atoms. The maximum Gasteiger partial charge on any atom is 0.336 e. The topological polar surface area (TPSA) is 78.4 Å². The summed E-state index contributed by atoms with van der Waals surface area (Å²) in [5.41, 5.74) is -1.99. The minimum absolute atomic E-state index is 0.152. The molecule has 1 unspecified atom stereocenters. The standard InChI is InChI=1S/C10H8F2N2O3/c11-6-1-5(2-7(12)3-6)10(8(15)16)4-13-9(17)14-10/h1-3H,4H2,(H,15,16)(H2,13,14,17). The van der Waals surface area contributed by atoms with Crippen molar-refractivity contribution in [1.82, 2.24) is 10.6 Å². The molecule has 1 saturated heterocycles. The second-order valence-electron chi connectivity index (χ2n) is 3.68. The number of carboxylic acids is 1. The Kier molecular flexibility index (Phi) is 2.45. The minimum Gasteiger partial charge on any atom is -0.479 e. The number of aliphatic carboxylic acids is 1. The molecule has 2 amide bonds. The van der Waals surface area contributed by atoms with Gasteiger partial charge in [-0.1, -0.05) is 0 Å². The Morgan fingerprint density at radius 2 is 1.88 bits per heavy atom. The molecular formula is C10H8F2N2O3. The summed E-state index contributed by atoms with van der Waals surface area (Å²) in [5.74, 6) is -3.19. The van der Waals surface area contributed by atoms with Crippen LogP contribution in [-0.4, -0.2) is 23.7 Å². The lowest BCUT2D eigenvalue weighted by Gasteiger charge is -2.23. The van der Waals surface area contributed by atoms with Gasteiger partial charge in [-0.25, -0.2) is 18.4 Å². The Morgan fingerprint density at radius 3 is 2.29 bits per heavy atom. The van der Waals surface area contributed by atoms with Gasteiger partial charge in [-0.2, -0.15) is 0 Å². The normalized spacial score (nSPS) is 23.1. The summed E-state index contributed by atoms with van der Waals surface area (Å²) in [5, 5.41) is 13.5. The van der Waals surface area contributed by atoms with E-state index in [2.05, 4.69) is 10.6 Å². The van der Waals surface area contributed by atoms with Crippen molar-refractivity contribution < 1.29 is 23.5 Å². The molecule has 1 atom stereocenters. The van der Waals surface area contributed by atoms with Gasteiger partial charge < -0.3 is 15.7 Å². The van der Waals surface area contributed by atoms with Gasteiger partial charge in [-0.15, -0.1) is 0 Å². The van der Waals surface area contributed by atoms with Gasteiger partial charge in [0.15, 0.2) is 5.54 Å². The number of carboxylic acid groups (broad SMARTS) is 1. The highest BCUT2D eigenvalue weighted by molar-refractivity contribution is 5.91.